The van der Waals surface area contributed by atoms with Crippen LogP contribution >= 0.6 is 15.9 Å². The molecule has 0 atom stereocenters. The number of hydrogen-bond acceptors (Lipinski definition) is 1. The lowest BCUT2D eigenvalue weighted by atomic mass is 10.1. The van der Waals surface area contributed by atoms with Crippen molar-refractivity contribution in [2.24, 2.45) is 0 Å². The van der Waals surface area contributed by atoms with Gasteiger partial charge in [0.1, 0.15) is 0 Å². The van der Waals surface area contributed by atoms with E-state index in [0.29, 0.717) is 4.48 Å². The van der Waals surface area contributed by atoms with E-state index in [2.05, 4.69) is 34.1 Å². The van der Waals surface area contributed by atoms with Crippen LogP contribution in [0.2, 0.25) is 0 Å². The van der Waals surface area contributed by atoms with Gasteiger partial charge < -0.3 is 0 Å². The Balaban J connectivity index is 2.52. The van der Waals surface area contributed by atoms with Crippen LogP contribution in [0.25, 0.3) is 16.8 Å². The number of fused-ring (bicyclic) bond motifs is 1. The number of benzene rings is 2. The average Bonchev–Trinajstić information content (AvgIpc) is 2.29. The summed E-state index contributed by atoms with van der Waals surface area (Å²) in [6.45, 7) is 0. The molecule has 1 nitrogen and oxygen atoms in total. The molecular weight excluding hydrogens is 252 g/mol. The predicted octanol–water partition coefficient (Wildman–Crippen LogP) is 3.77. The van der Waals surface area contributed by atoms with E-state index in [9.17, 15) is 4.79 Å². The quantitative estimate of drug-likeness (QED) is 0.594. The number of halogens is 1. The Morgan fingerprint density at radius 2 is 1.80 bits per heavy atom. The number of hydrogen-bond donors (Lipinski definition) is 0. The summed E-state index contributed by atoms with van der Waals surface area (Å²) in [5, 5.41) is 2.38. The van der Waals surface area contributed by atoms with Crippen LogP contribution in [0.1, 0.15) is 5.56 Å². The van der Waals surface area contributed by atoms with Gasteiger partial charge in [0.15, 0.2) is 6.29 Å². The van der Waals surface area contributed by atoms with Gasteiger partial charge in [-0.1, -0.05) is 36.4 Å². The molecule has 0 spiro atoms. The van der Waals surface area contributed by atoms with Gasteiger partial charge in [-0.25, -0.2) is 0 Å². The minimum atomic E-state index is 0.554. The minimum absolute atomic E-state index is 0.554. The minimum Gasteiger partial charge on any atom is -0.297 e. The molecule has 74 valence electrons. The third kappa shape index (κ3) is 2.34. The Morgan fingerprint density at radius 1 is 1.07 bits per heavy atom. The predicted molar refractivity (Wildman–Crippen MR) is 66.9 cm³/mol. The largest absolute Gasteiger partial charge is 0.297 e. The fourth-order valence-electron chi connectivity index (χ4n) is 1.49. The molecule has 15 heavy (non-hydrogen) atoms. The number of aldehydes is 1. The van der Waals surface area contributed by atoms with E-state index < -0.39 is 0 Å². The van der Waals surface area contributed by atoms with Gasteiger partial charge in [-0.05, 0) is 44.4 Å². The molecule has 2 heteroatoms. The number of carbonyl (C=O) groups is 1. The van der Waals surface area contributed by atoms with Gasteiger partial charge in [0.05, 0.1) is 4.48 Å². The summed E-state index contributed by atoms with van der Waals surface area (Å²) < 4.78 is 0.554. The molecular formula is C13H9BrO. The van der Waals surface area contributed by atoms with E-state index >= 15 is 0 Å². The molecule has 0 radical (unpaired) electrons. The maximum absolute atomic E-state index is 10.5. The zero-order valence-corrected chi connectivity index (χ0v) is 9.57. The average molecular weight is 261 g/mol. The lowest BCUT2D eigenvalue weighted by Gasteiger charge is -1.99. The standard InChI is InChI=1S/C13H9BrO/c14-13(9-15)8-10-5-6-11-3-1-2-4-12(11)7-10/h1-9H/b13-8-. The molecule has 0 aliphatic rings. The lowest BCUT2D eigenvalue weighted by molar-refractivity contribution is -0.104. The van der Waals surface area contributed by atoms with Crippen molar-refractivity contribution in [3.63, 3.8) is 0 Å². The van der Waals surface area contributed by atoms with Crippen LogP contribution in [-0.4, -0.2) is 6.29 Å². The van der Waals surface area contributed by atoms with Crippen LogP contribution in [0.5, 0.6) is 0 Å². The van der Waals surface area contributed by atoms with Gasteiger partial charge in [-0.3, -0.25) is 4.79 Å². The van der Waals surface area contributed by atoms with Crippen molar-refractivity contribution in [2.75, 3.05) is 0 Å². The summed E-state index contributed by atoms with van der Waals surface area (Å²) in [5.74, 6) is 0. The van der Waals surface area contributed by atoms with Gasteiger partial charge in [-0.15, -0.1) is 0 Å². The van der Waals surface area contributed by atoms with Crippen molar-refractivity contribution in [1.29, 1.82) is 0 Å². The van der Waals surface area contributed by atoms with Crippen LogP contribution in [0.15, 0.2) is 46.9 Å². The highest BCUT2D eigenvalue weighted by Crippen LogP contribution is 2.18. The highest BCUT2D eigenvalue weighted by atomic mass is 79.9. The van der Waals surface area contributed by atoms with Crippen molar-refractivity contribution < 1.29 is 4.79 Å². The molecule has 0 aliphatic heterocycles. The third-order valence-corrected chi connectivity index (χ3v) is 2.61. The molecule has 0 aliphatic carbocycles. The molecule has 0 saturated carbocycles. The Kier molecular flexibility index (Phi) is 2.97. The van der Waals surface area contributed by atoms with Crippen molar-refractivity contribution in [2.45, 2.75) is 0 Å². The summed E-state index contributed by atoms with van der Waals surface area (Å²) in [7, 11) is 0. The molecule has 0 N–H and O–H groups in total. The second kappa shape index (κ2) is 4.41. The van der Waals surface area contributed by atoms with E-state index in [0.717, 1.165) is 11.8 Å². The first-order chi connectivity index (χ1) is 7.29. The fraction of sp³-hybridized carbons (Fsp3) is 0. The fourth-order valence-corrected chi connectivity index (χ4v) is 1.76. The van der Waals surface area contributed by atoms with Gasteiger partial charge in [0.25, 0.3) is 0 Å². The molecule has 2 aromatic rings. The lowest BCUT2D eigenvalue weighted by Crippen LogP contribution is -1.77. The number of rotatable bonds is 2. The first-order valence-corrected chi connectivity index (χ1v) is 5.40. The summed E-state index contributed by atoms with van der Waals surface area (Å²) in [6, 6.07) is 14.2. The number of carbonyl (C=O) groups excluding carboxylic acids is 1. The molecule has 0 saturated heterocycles. The Bertz CT molecular complexity index is 529. The SMILES string of the molecule is O=C/C(Br)=C/c1ccc2ccccc2c1. The van der Waals surface area contributed by atoms with Crippen LogP contribution in [-0.2, 0) is 4.79 Å². The van der Waals surface area contributed by atoms with Crippen molar-refractivity contribution in [3.8, 4) is 0 Å². The van der Waals surface area contributed by atoms with Crippen LogP contribution in [0.3, 0.4) is 0 Å². The Hall–Kier alpha value is -1.41. The normalized spacial score (nSPS) is 11.7. The molecule has 0 unspecified atom stereocenters. The molecule has 2 rings (SSSR count). The molecule has 0 aromatic heterocycles. The van der Waals surface area contributed by atoms with Crippen LogP contribution in [0.4, 0.5) is 0 Å². The zero-order chi connectivity index (χ0) is 10.7. The van der Waals surface area contributed by atoms with Crippen LogP contribution in [0, 0.1) is 0 Å². The topological polar surface area (TPSA) is 17.1 Å². The molecule has 0 amide bonds. The molecule has 2 aromatic carbocycles. The summed E-state index contributed by atoms with van der Waals surface area (Å²) in [5.41, 5.74) is 1.02. The summed E-state index contributed by atoms with van der Waals surface area (Å²) in [6.07, 6.45) is 2.59. The summed E-state index contributed by atoms with van der Waals surface area (Å²) >= 11 is 3.17. The second-order valence-corrected chi connectivity index (χ2v) is 4.17. The van der Waals surface area contributed by atoms with Gasteiger partial charge in [0.2, 0.25) is 0 Å². The Morgan fingerprint density at radius 3 is 2.53 bits per heavy atom. The van der Waals surface area contributed by atoms with E-state index in [-0.39, 0.29) is 0 Å². The van der Waals surface area contributed by atoms with Crippen molar-refractivity contribution >= 4 is 39.1 Å². The van der Waals surface area contributed by atoms with Gasteiger partial charge >= 0.3 is 0 Å². The van der Waals surface area contributed by atoms with E-state index in [1.54, 1.807) is 6.08 Å². The van der Waals surface area contributed by atoms with Gasteiger partial charge in [0, 0.05) is 0 Å². The third-order valence-electron chi connectivity index (χ3n) is 2.19. The van der Waals surface area contributed by atoms with Crippen molar-refractivity contribution in [3.05, 3.63) is 52.5 Å². The van der Waals surface area contributed by atoms with E-state index in [1.165, 1.54) is 10.8 Å². The smallest absolute Gasteiger partial charge is 0.157 e. The highest BCUT2D eigenvalue weighted by molar-refractivity contribution is 9.12. The summed E-state index contributed by atoms with van der Waals surface area (Å²) in [4.78, 5) is 10.5. The maximum atomic E-state index is 10.5. The van der Waals surface area contributed by atoms with E-state index in [1.807, 2.05) is 24.3 Å². The first-order valence-electron chi connectivity index (χ1n) is 4.61. The molecule has 0 bridgehead atoms. The molecule has 0 heterocycles. The van der Waals surface area contributed by atoms with E-state index in [4.69, 9.17) is 0 Å². The molecule has 0 fully saturated rings. The zero-order valence-electron chi connectivity index (χ0n) is 7.98. The first kappa shape index (κ1) is 10.1. The van der Waals surface area contributed by atoms with Crippen LogP contribution < -0.4 is 0 Å². The Labute approximate surface area is 96.5 Å². The highest BCUT2D eigenvalue weighted by Gasteiger charge is 1.94. The number of allylic oxidation sites excluding steroid dienone is 1. The van der Waals surface area contributed by atoms with Gasteiger partial charge in [-0.2, -0.15) is 0 Å². The maximum Gasteiger partial charge on any atom is 0.157 e. The second-order valence-electron chi connectivity index (χ2n) is 3.25. The monoisotopic (exact) mass is 260 g/mol. The van der Waals surface area contributed by atoms with Crippen molar-refractivity contribution in [1.82, 2.24) is 0 Å².